The maximum Gasteiger partial charge on any atom is 0.238 e. The van der Waals surface area contributed by atoms with Gasteiger partial charge in [0.2, 0.25) is 10.0 Å². The number of rotatable bonds is 4. The molecule has 1 aliphatic carbocycles. The van der Waals surface area contributed by atoms with Crippen LogP contribution in [0, 0.1) is 5.92 Å². The molecule has 26 heavy (non-hydrogen) atoms. The van der Waals surface area contributed by atoms with Crippen LogP contribution in [0.25, 0.3) is 11.1 Å². The SMILES string of the molecule is CC(C)(O)C1CCC(c2cc(S(N)(=O)=O)ccc2-c2ccccc2)CC1. The standard InChI is InChI=1S/C21H27NO3S/c1-21(2,23)17-10-8-16(9-11-17)20-14-18(26(22,24)25)12-13-19(20)15-6-4-3-5-7-15/h3-7,12-14,16-17,23H,8-11H2,1-2H3,(H2,22,24,25). The van der Waals surface area contributed by atoms with Gasteiger partial charge < -0.3 is 5.11 Å². The molecule has 0 bridgehead atoms. The summed E-state index contributed by atoms with van der Waals surface area (Å²) in [6.07, 6.45) is 3.73. The summed E-state index contributed by atoms with van der Waals surface area (Å²) in [5.74, 6) is 0.547. The molecule has 1 saturated carbocycles. The van der Waals surface area contributed by atoms with Crippen LogP contribution in [0.4, 0.5) is 0 Å². The van der Waals surface area contributed by atoms with Crippen molar-refractivity contribution in [3.8, 4) is 11.1 Å². The van der Waals surface area contributed by atoms with Crippen molar-refractivity contribution in [3.63, 3.8) is 0 Å². The number of sulfonamides is 1. The lowest BCUT2D eigenvalue weighted by Crippen LogP contribution is -2.33. The van der Waals surface area contributed by atoms with E-state index in [-0.39, 0.29) is 16.7 Å². The summed E-state index contributed by atoms with van der Waals surface area (Å²) in [7, 11) is -3.74. The summed E-state index contributed by atoms with van der Waals surface area (Å²) in [4.78, 5) is 0.164. The third-order valence-electron chi connectivity index (χ3n) is 5.60. The highest BCUT2D eigenvalue weighted by Crippen LogP contribution is 2.43. The summed E-state index contributed by atoms with van der Waals surface area (Å²) in [6, 6.07) is 15.2. The predicted molar refractivity (Wildman–Crippen MR) is 104 cm³/mol. The second-order valence-corrected chi connectivity index (χ2v) is 9.42. The number of nitrogens with two attached hydrogens (primary N) is 1. The molecule has 5 heteroatoms. The lowest BCUT2D eigenvalue weighted by Gasteiger charge is -2.36. The lowest BCUT2D eigenvalue weighted by atomic mass is 9.72. The van der Waals surface area contributed by atoms with Crippen LogP contribution in [-0.4, -0.2) is 19.1 Å². The molecule has 0 heterocycles. The molecule has 2 aromatic carbocycles. The van der Waals surface area contributed by atoms with Gasteiger partial charge in [0.1, 0.15) is 0 Å². The van der Waals surface area contributed by atoms with E-state index in [2.05, 4.69) is 0 Å². The van der Waals surface area contributed by atoms with Crippen molar-refractivity contribution >= 4 is 10.0 Å². The van der Waals surface area contributed by atoms with E-state index in [0.29, 0.717) is 0 Å². The molecule has 0 saturated heterocycles. The van der Waals surface area contributed by atoms with E-state index in [9.17, 15) is 13.5 Å². The van der Waals surface area contributed by atoms with Crippen LogP contribution in [-0.2, 0) is 10.0 Å². The van der Waals surface area contributed by atoms with Crippen LogP contribution in [0.1, 0.15) is 51.0 Å². The summed E-state index contributed by atoms with van der Waals surface area (Å²) in [6.45, 7) is 3.74. The highest BCUT2D eigenvalue weighted by Gasteiger charge is 2.32. The van der Waals surface area contributed by atoms with E-state index in [0.717, 1.165) is 42.4 Å². The van der Waals surface area contributed by atoms with Crippen LogP contribution in [0.2, 0.25) is 0 Å². The predicted octanol–water partition coefficient (Wildman–Crippen LogP) is 4.05. The van der Waals surface area contributed by atoms with Gasteiger partial charge in [0.25, 0.3) is 0 Å². The van der Waals surface area contributed by atoms with E-state index in [1.807, 2.05) is 50.2 Å². The molecule has 0 spiro atoms. The average Bonchev–Trinajstić information content (AvgIpc) is 2.60. The quantitative estimate of drug-likeness (QED) is 0.848. The lowest BCUT2D eigenvalue weighted by molar-refractivity contribution is -0.00154. The molecule has 0 atom stereocenters. The normalized spacial score (nSPS) is 21.5. The van der Waals surface area contributed by atoms with E-state index >= 15 is 0 Å². The molecule has 3 rings (SSSR count). The molecule has 0 aromatic heterocycles. The first-order chi connectivity index (χ1) is 12.2. The van der Waals surface area contributed by atoms with E-state index in [1.165, 1.54) is 0 Å². The van der Waals surface area contributed by atoms with Gasteiger partial charge in [-0.3, -0.25) is 0 Å². The second-order valence-electron chi connectivity index (χ2n) is 7.86. The minimum absolute atomic E-state index is 0.164. The number of hydrogen-bond donors (Lipinski definition) is 2. The van der Waals surface area contributed by atoms with E-state index in [4.69, 9.17) is 5.14 Å². The molecule has 0 aliphatic heterocycles. The molecule has 1 fully saturated rings. The third kappa shape index (κ3) is 4.17. The Morgan fingerprint density at radius 3 is 2.15 bits per heavy atom. The molecule has 140 valence electrons. The van der Waals surface area contributed by atoms with Crippen LogP contribution in [0.3, 0.4) is 0 Å². The van der Waals surface area contributed by atoms with Gasteiger partial charge in [0.15, 0.2) is 0 Å². The fourth-order valence-electron chi connectivity index (χ4n) is 4.05. The maximum atomic E-state index is 11.8. The van der Waals surface area contributed by atoms with Crippen molar-refractivity contribution in [2.24, 2.45) is 11.1 Å². The van der Waals surface area contributed by atoms with Gasteiger partial charge in [-0.1, -0.05) is 36.4 Å². The van der Waals surface area contributed by atoms with Crippen molar-refractivity contribution in [2.45, 2.75) is 55.9 Å². The largest absolute Gasteiger partial charge is 0.390 e. The molecule has 3 N–H and O–H groups in total. The van der Waals surface area contributed by atoms with Crippen LogP contribution in [0.15, 0.2) is 53.4 Å². The molecule has 4 nitrogen and oxygen atoms in total. The number of hydrogen-bond acceptors (Lipinski definition) is 3. The van der Waals surface area contributed by atoms with Gasteiger partial charge in [-0.2, -0.15) is 0 Å². The molecule has 0 amide bonds. The van der Waals surface area contributed by atoms with Gasteiger partial charge in [0, 0.05) is 0 Å². The molecule has 2 aromatic rings. The topological polar surface area (TPSA) is 80.4 Å². The minimum Gasteiger partial charge on any atom is -0.390 e. The Morgan fingerprint density at radius 2 is 1.62 bits per heavy atom. The summed E-state index contributed by atoms with van der Waals surface area (Å²) in [5, 5.41) is 15.6. The summed E-state index contributed by atoms with van der Waals surface area (Å²) in [5.41, 5.74) is 2.50. The molecular formula is C21H27NO3S. The van der Waals surface area contributed by atoms with Gasteiger partial charge in [0.05, 0.1) is 10.5 Å². The Morgan fingerprint density at radius 1 is 1.00 bits per heavy atom. The summed E-state index contributed by atoms with van der Waals surface area (Å²) < 4.78 is 23.7. The van der Waals surface area contributed by atoms with Gasteiger partial charge in [-0.15, -0.1) is 0 Å². The van der Waals surface area contributed by atoms with Crippen molar-refractivity contribution in [2.75, 3.05) is 0 Å². The van der Waals surface area contributed by atoms with Crippen molar-refractivity contribution < 1.29 is 13.5 Å². The first kappa shape index (κ1) is 19.1. The van der Waals surface area contributed by atoms with Gasteiger partial charge >= 0.3 is 0 Å². The summed E-state index contributed by atoms with van der Waals surface area (Å²) >= 11 is 0. The Kier molecular flexibility index (Phi) is 5.24. The molecule has 0 unspecified atom stereocenters. The zero-order valence-corrected chi connectivity index (χ0v) is 16.2. The first-order valence-electron chi connectivity index (χ1n) is 9.11. The molecular weight excluding hydrogens is 346 g/mol. The molecule has 1 aliphatic rings. The fraction of sp³-hybridized carbons (Fsp3) is 0.429. The number of primary sulfonamides is 1. The Hall–Kier alpha value is -1.69. The van der Waals surface area contributed by atoms with Crippen LogP contribution < -0.4 is 5.14 Å². The number of benzene rings is 2. The monoisotopic (exact) mass is 373 g/mol. The zero-order chi connectivity index (χ0) is 18.9. The van der Waals surface area contributed by atoms with Crippen molar-refractivity contribution in [1.29, 1.82) is 0 Å². The van der Waals surface area contributed by atoms with Gasteiger partial charge in [-0.25, -0.2) is 13.6 Å². The highest BCUT2D eigenvalue weighted by atomic mass is 32.2. The van der Waals surface area contributed by atoms with E-state index < -0.39 is 15.6 Å². The number of aliphatic hydroxyl groups is 1. The van der Waals surface area contributed by atoms with Crippen molar-refractivity contribution in [3.05, 3.63) is 54.1 Å². The smallest absolute Gasteiger partial charge is 0.238 e. The Labute approximate surface area is 156 Å². The minimum atomic E-state index is -3.74. The highest BCUT2D eigenvalue weighted by molar-refractivity contribution is 7.89. The maximum absolute atomic E-state index is 11.8. The third-order valence-corrected chi connectivity index (χ3v) is 6.51. The Balaban J connectivity index is 1.99. The average molecular weight is 374 g/mol. The van der Waals surface area contributed by atoms with Crippen LogP contribution in [0.5, 0.6) is 0 Å². The first-order valence-corrected chi connectivity index (χ1v) is 10.7. The van der Waals surface area contributed by atoms with Crippen molar-refractivity contribution in [1.82, 2.24) is 0 Å². The Bertz CT molecular complexity index is 862. The van der Waals surface area contributed by atoms with Gasteiger partial charge in [-0.05, 0) is 80.2 Å². The fourth-order valence-corrected chi connectivity index (χ4v) is 4.60. The molecule has 0 radical (unpaired) electrons. The second kappa shape index (κ2) is 7.14. The van der Waals surface area contributed by atoms with E-state index in [1.54, 1.807) is 12.1 Å². The zero-order valence-electron chi connectivity index (χ0n) is 15.4. The van der Waals surface area contributed by atoms with Crippen LogP contribution >= 0.6 is 0 Å².